The molecule has 0 bridgehead atoms. The first-order valence-electron chi connectivity index (χ1n) is 6.33. The first kappa shape index (κ1) is 13.3. The molecule has 94 valence electrons. The average Bonchev–Trinajstić information content (AvgIpc) is 2.43. The SMILES string of the molecule is CCCCOC(=O)NC1CCCCC(O)C1. The summed E-state index contributed by atoms with van der Waals surface area (Å²) in [4.78, 5) is 11.4. The van der Waals surface area contributed by atoms with Crippen molar-refractivity contribution in [1.82, 2.24) is 5.32 Å². The number of amides is 1. The van der Waals surface area contributed by atoms with Gasteiger partial charge in [0.25, 0.3) is 0 Å². The molecule has 4 heteroatoms. The van der Waals surface area contributed by atoms with Crippen molar-refractivity contribution in [1.29, 1.82) is 0 Å². The van der Waals surface area contributed by atoms with E-state index in [0.29, 0.717) is 13.0 Å². The van der Waals surface area contributed by atoms with E-state index in [9.17, 15) is 9.90 Å². The van der Waals surface area contributed by atoms with Gasteiger partial charge in [-0.05, 0) is 25.7 Å². The summed E-state index contributed by atoms with van der Waals surface area (Å²) in [5.41, 5.74) is 0. The lowest BCUT2D eigenvalue weighted by Crippen LogP contribution is -2.37. The van der Waals surface area contributed by atoms with Crippen LogP contribution in [0, 0.1) is 0 Å². The second-order valence-electron chi connectivity index (χ2n) is 4.50. The Hall–Kier alpha value is -0.770. The van der Waals surface area contributed by atoms with E-state index in [-0.39, 0.29) is 18.2 Å². The van der Waals surface area contributed by atoms with Crippen molar-refractivity contribution < 1.29 is 14.6 Å². The van der Waals surface area contributed by atoms with Crippen molar-refractivity contribution in [3.8, 4) is 0 Å². The molecule has 1 saturated carbocycles. The largest absolute Gasteiger partial charge is 0.450 e. The number of alkyl carbamates (subject to hydrolysis) is 1. The lowest BCUT2D eigenvalue weighted by Gasteiger charge is -2.17. The predicted molar refractivity (Wildman–Crippen MR) is 62.3 cm³/mol. The van der Waals surface area contributed by atoms with E-state index >= 15 is 0 Å². The summed E-state index contributed by atoms with van der Waals surface area (Å²) in [7, 11) is 0. The van der Waals surface area contributed by atoms with Crippen LogP contribution in [0.25, 0.3) is 0 Å². The number of carbonyl (C=O) groups is 1. The maximum absolute atomic E-state index is 11.4. The van der Waals surface area contributed by atoms with Crippen LogP contribution in [0.1, 0.15) is 51.9 Å². The number of hydrogen-bond acceptors (Lipinski definition) is 3. The highest BCUT2D eigenvalue weighted by molar-refractivity contribution is 5.67. The predicted octanol–water partition coefficient (Wildman–Crippen LogP) is 2.21. The van der Waals surface area contributed by atoms with Crippen LogP contribution in [-0.4, -0.2) is 30.0 Å². The van der Waals surface area contributed by atoms with Crippen molar-refractivity contribution in [2.45, 2.75) is 64.0 Å². The van der Waals surface area contributed by atoms with Gasteiger partial charge in [0.1, 0.15) is 0 Å². The monoisotopic (exact) mass is 229 g/mol. The molecule has 2 N–H and O–H groups in total. The standard InChI is InChI=1S/C12H23NO3/c1-2-3-8-16-12(15)13-10-6-4-5-7-11(14)9-10/h10-11,14H,2-9H2,1H3,(H,13,15). The van der Waals surface area contributed by atoms with Gasteiger partial charge < -0.3 is 15.2 Å². The van der Waals surface area contributed by atoms with E-state index in [2.05, 4.69) is 12.2 Å². The second-order valence-corrected chi connectivity index (χ2v) is 4.50. The molecule has 0 aromatic rings. The molecule has 0 heterocycles. The molecule has 1 amide bonds. The number of aliphatic hydroxyl groups excluding tert-OH is 1. The van der Waals surface area contributed by atoms with E-state index in [1.165, 1.54) is 0 Å². The van der Waals surface area contributed by atoms with Crippen LogP contribution in [0.2, 0.25) is 0 Å². The Labute approximate surface area is 97.4 Å². The first-order chi connectivity index (χ1) is 7.72. The van der Waals surface area contributed by atoms with Gasteiger partial charge in [-0.25, -0.2) is 4.79 Å². The van der Waals surface area contributed by atoms with Crippen LogP contribution in [0.15, 0.2) is 0 Å². The smallest absolute Gasteiger partial charge is 0.407 e. The third-order valence-electron chi connectivity index (χ3n) is 2.95. The van der Waals surface area contributed by atoms with Gasteiger partial charge >= 0.3 is 6.09 Å². The number of nitrogens with one attached hydrogen (secondary N) is 1. The molecular formula is C12H23NO3. The minimum atomic E-state index is -0.340. The van der Waals surface area contributed by atoms with Gasteiger partial charge in [0.05, 0.1) is 12.7 Å². The van der Waals surface area contributed by atoms with Crippen molar-refractivity contribution in [3.63, 3.8) is 0 Å². The molecule has 0 aliphatic heterocycles. The van der Waals surface area contributed by atoms with Crippen LogP contribution in [-0.2, 0) is 4.74 Å². The number of unbranched alkanes of at least 4 members (excludes halogenated alkanes) is 1. The molecule has 0 aromatic heterocycles. The Morgan fingerprint density at radius 2 is 2.19 bits per heavy atom. The highest BCUT2D eigenvalue weighted by Gasteiger charge is 2.20. The zero-order chi connectivity index (χ0) is 11.8. The maximum Gasteiger partial charge on any atom is 0.407 e. The van der Waals surface area contributed by atoms with Crippen molar-refractivity contribution in [3.05, 3.63) is 0 Å². The van der Waals surface area contributed by atoms with Gasteiger partial charge in [0.15, 0.2) is 0 Å². The number of carbonyl (C=O) groups excluding carboxylic acids is 1. The number of hydrogen-bond donors (Lipinski definition) is 2. The number of rotatable bonds is 4. The summed E-state index contributed by atoms with van der Waals surface area (Å²) in [6.07, 6.45) is 5.87. The molecule has 0 saturated heterocycles. The molecular weight excluding hydrogens is 206 g/mol. The van der Waals surface area contributed by atoms with E-state index in [1.807, 2.05) is 0 Å². The maximum atomic E-state index is 11.4. The van der Waals surface area contributed by atoms with E-state index in [0.717, 1.165) is 38.5 Å². The van der Waals surface area contributed by atoms with Gasteiger partial charge in [-0.2, -0.15) is 0 Å². The van der Waals surface area contributed by atoms with Crippen molar-refractivity contribution in [2.75, 3.05) is 6.61 Å². The first-order valence-corrected chi connectivity index (χ1v) is 6.33. The number of ether oxygens (including phenoxy) is 1. The fourth-order valence-electron chi connectivity index (χ4n) is 1.98. The second kappa shape index (κ2) is 7.49. The van der Waals surface area contributed by atoms with Gasteiger partial charge in [0.2, 0.25) is 0 Å². The molecule has 1 fully saturated rings. The normalized spacial score (nSPS) is 25.9. The molecule has 0 aromatic carbocycles. The molecule has 0 spiro atoms. The average molecular weight is 229 g/mol. The minimum absolute atomic E-state index is 0.0756. The Balaban J connectivity index is 2.20. The Morgan fingerprint density at radius 3 is 2.94 bits per heavy atom. The Bertz CT molecular complexity index is 208. The highest BCUT2D eigenvalue weighted by Crippen LogP contribution is 2.17. The Kier molecular flexibility index (Phi) is 6.23. The van der Waals surface area contributed by atoms with Gasteiger partial charge in [0, 0.05) is 6.04 Å². The lowest BCUT2D eigenvalue weighted by molar-refractivity contribution is 0.126. The fraction of sp³-hybridized carbons (Fsp3) is 0.917. The minimum Gasteiger partial charge on any atom is -0.450 e. The third kappa shape index (κ3) is 5.35. The zero-order valence-electron chi connectivity index (χ0n) is 10.1. The molecule has 2 atom stereocenters. The summed E-state index contributed by atoms with van der Waals surface area (Å²) in [5.74, 6) is 0. The van der Waals surface area contributed by atoms with E-state index in [4.69, 9.17) is 4.74 Å². The van der Waals surface area contributed by atoms with E-state index < -0.39 is 0 Å². The molecule has 2 unspecified atom stereocenters. The van der Waals surface area contributed by atoms with Crippen molar-refractivity contribution >= 4 is 6.09 Å². The molecule has 0 radical (unpaired) electrons. The summed E-state index contributed by atoms with van der Waals surface area (Å²) in [6, 6.07) is 0.0756. The molecule has 16 heavy (non-hydrogen) atoms. The molecule has 1 rings (SSSR count). The zero-order valence-corrected chi connectivity index (χ0v) is 10.1. The van der Waals surface area contributed by atoms with E-state index in [1.54, 1.807) is 0 Å². The summed E-state index contributed by atoms with van der Waals surface area (Å²) < 4.78 is 5.03. The number of aliphatic hydroxyl groups is 1. The molecule has 1 aliphatic rings. The lowest BCUT2D eigenvalue weighted by atomic mass is 10.1. The quantitative estimate of drug-likeness (QED) is 0.574. The molecule has 1 aliphatic carbocycles. The van der Waals surface area contributed by atoms with Crippen LogP contribution in [0.4, 0.5) is 4.79 Å². The van der Waals surface area contributed by atoms with Gasteiger partial charge in [-0.1, -0.05) is 26.2 Å². The topological polar surface area (TPSA) is 58.6 Å². The summed E-state index contributed by atoms with van der Waals surface area (Å²) in [5, 5.41) is 12.4. The highest BCUT2D eigenvalue weighted by atomic mass is 16.5. The third-order valence-corrected chi connectivity index (χ3v) is 2.95. The summed E-state index contributed by atoms with van der Waals surface area (Å²) >= 11 is 0. The van der Waals surface area contributed by atoms with Crippen LogP contribution in [0.3, 0.4) is 0 Å². The fourth-order valence-corrected chi connectivity index (χ4v) is 1.98. The van der Waals surface area contributed by atoms with Crippen molar-refractivity contribution in [2.24, 2.45) is 0 Å². The van der Waals surface area contributed by atoms with Crippen LogP contribution < -0.4 is 5.32 Å². The Morgan fingerprint density at radius 1 is 1.44 bits per heavy atom. The van der Waals surface area contributed by atoms with Gasteiger partial charge in [-0.15, -0.1) is 0 Å². The van der Waals surface area contributed by atoms with Crippen LogP contribution >= 0.6 is 0 Å². The van der Waals surface area contributed by atoms with Crippen LogP contribution in [0.5, 0.6) is 0 Å². The molecule has 4 nitrogen and oxygen atoms in total. The van der Waals surface area contributed by atoms with Gasteiger partial charge in [-0.3, -0.25) is 0 Å². The summed E-state index contributed by atoms with van der Waals surface area (Å²) in [6.45, 7) is 2.54.